The SMILES string of the molecule is CNC(CSCc1ccccc1Cl)C(N)=O. The van der Waals surface area contributed by atoms with Crippen LogP contribution in [0.5, 0.6) is 0 Å². The van der Waals surface area contributed by atoms with E-state index >= 15 is 0 Å². The molecule has 3 N–H and O–H groups in total. The maximum atomic E-state index is 11.0. The van der Waals surface area contributed by atoms with Gasteiger partial charge in [-0.2, -0.15) is 11.8 Å². The highest BCUT2D eigenvalue weighted by Gasteiger charge is 2.12. The Bertz CT molecular complexity index is 360. The third kappa shape index (κ3) is 4.04. The summed E-state index contributed by atoms with van der Waals surface area (Å²) in [6.45, 7) is 0. The van der Waals surface area contributed by atoms with Gasteiger partial charge in [0.05, 0.1) is 6.04 Å². The van der Waals surface area contributed by atoms with Gasteiger partial charge in [-0.3, -0.25) is 4.79 Å². The van der Waals surface area contributed by atoms with Gasteiger partial charge >= 0.3 is 0 Å². The molecule has 1 amide bonds. The first-order valence-electron chi connectivity index (χ1n) is 4.93. The van der Waals surface area contributed by atoms with Gasteiger partial charge in [-0.05, 0) is 18.7 Å². The van der Waals surface area contributed by atoms with Crippen LogP contribution in [0.4, 0.5) is 0 Å². The van der Waals surface area contributed by atoms with E-state index in [1.807, 2.05) is 24.3 Å². The van der Waals surface area contributed by atoms with Crippen molar-refractivity contribution in [2.75, 3.05) is 12.8 Å². The molecule has 88 valence electrons. The average molecular weight is 259 g/mol. The van der Waals surface area contributed by atoms with E-state index in [4.69, 9.17) is 17.3 Å². The minimum atomic E-state index is -0.325. The highest BCUT2D eigenvalue weighted by molar-refractivity contribution is 7.98. The number of rotatable bonds is 6. The van der Waals surface area contributed by atoms with Crippen LogP contribution >= 0.6 is 23.4 Å². The van der Waals surface area contributed by atoms with Gasteiger partial charge in [-0.15, -0.1) is 0 Å². The van der Waals surface area contributed by atoms with E-state index in [0.29, 0.717) is 5.75 Å². The largest absolute Gasteiger partial charge is 0.368 e. The Morgan fingerprint density at radius 2 is 2.25 bits per heavy atom. The van der Waals surface area contributed by atoms with Crippen molar-refractivity contribution >= 4 is 29.3 Å². The summed E-state index contributed by atoms with van der Waals surface area (Å²) < 4.78 is 0. The number of thioether (sulfide) groups is 1. The fourth-order valence-corrected chi connectivity index (χ4v) is 2.65. The first-order valence-corrected chi connectivity index (χ1v) is 6.46. The van der Waals surface area contributed by atoms with Crippen LogP contribution in [0.3, 0.4) is 0 Å². The first-order chi connectivity index (χ1) is 7.65. The van der Waals surface area contributed by atoms with Crippen LogP contribution in [0, 0.1) is 0 Å². The topological polar surface area (TPSA) is 55.1 Å². The summed E-state index contributed by atoms with van der Waals surface area (Å²) in [5.41, 5.74) is 6.29. The second kappa shape index (κ2) is 6.78. The number of carbonyl (C=O) groups is 1. The third-order valence-electron chi connectivity index (χ3n) is 2.19. The smallest absolute Gasteiger partial charge is 0.235 e. The molecule has 5 heteroatoms. The van der Waals surface area contributed by atoms with Gasteiger partial charge in [0.15, 0.2) is 0 Å². The Morgan fingerprint density at radius 1 is 1.56 bits per heavy atom. The lowest BCUT2D eigenvalue weighted by Crippen LogP contribution is -2.41. The number of nitrogens with two attached hydrogens (primary N) is 1. The molecule has 0 aliphatic heterocycles. The second-order valence-electron chi connectivity index (χ2n) is 3.35. The van der Waals surface area contributed by atoms with Gasteiger partial charge in [0.25, 0.3) is 0 Å². The average Bonchev–Trinajstić information content (AvgIpc) is 2.26. The molecule has 1 atom stereocenters. The van der Waals surface area contributed by atoms with Gasteiger partial charge < -0.3 is 11.1 Å². The number of halogens is 1. The highest BCUT2D eigenvalue weighted by Crippen LogP contribution is 2.20. The molecule has 3 nitrogen and oxygen atoms in total. The Labute approximate surface area is 105 Å². The molecule has 0 aliphatic carbocycles. The van der Waals surface area contributed by atoms with Crippen LogP contribution in [0.25, 0.3) is 0 Å². The lowest BCUT2D eigenvalue weighted by Gasteiger charge is -2.11. The molecule has 0 saturated carbocycles. The van der Waals surface area contributed by atoms with E-state index in [0.717, 1.165) is 16.3 Å². The van der Waals surface area contributed by atoms with Gasteiger partial charge in [0.2, 0.25) is 5.91 Å². The molecule has 0 radical (unpaired) electrons. The van der Waals surface area contributed by atoms with Gasteiger partial charge in [0, 0.05) is 16.5 Å². The number of nitrogens with one attached hydrogen (secondary N) is 1. The number of likely N-dealkylation sites (N-methyl/N-ethyl adjacent to an activating group) is 1. The fraction of sp³-hybridized carbons (Fsp3) is 0.364. The Morgan fingerprint density at radius 3 is 2.81 bits per heavy atom. The fourth-order valence-electron chi connectivity index (χ4n) is 1.21. The quantitative estimate of drug-likeness (QED) is 0.816. The highest BCUT2D eigenvalue weighted by atomic mass is 35.5. The predicted octanol–water partition coefficient (Wildman–Crippen LogP) is 1.65. The first kappa shape index (κ1) is 13.4. The lowest BCUT2D eigenvalue weighted by molar-refractivity contribution is -0.119. The number of amides is 1. The van der Waals surface area contributed by atoms with Crippen molar-refractivity contribution in [3.8, 4) is 0 Å². The van der Waals surface area contributed by atoms with Gasteiger partial charge in [-0.1, -0.05) is 29.8 Å². The number of primary amides is 1. The Balaban J connectivity index is 2.41. The summed E-state index contributed by atoms with van der Waals surface area (Å²) in [5, 5.41) is 3.63. The van der Waals surface area contributed by atoms with E-state index < -0.39 is 0 Å². The van der Waals surface area contributed by atoms with E-state index in [1.54, 1.807) is 18.8 Å². The van der Waals surface area contributed by atoms with Crippen LogP contribution in [0.2, 0.25) is 5.02 Å². The molecule has 0 fully saturated rings. The summed E-state index contributed by atoms with van der Waals surface area (Å²) in [6, 6.07) is 7.41. The molecule has 1 rings (SSSR count). The van der Waals surface area contributed by atoms with Crippen LogP contribution in [-0.4, -0.2) is 24.7 Å². The molecule has 0 aromatic heterocycles. The zero-order valence-corrected chi connectivity index (χ0v) is 10.6. The normalized spacial score (nSPS) is 12.4. The zero-order chi connectivity index (χ0) is 12.0. The van der Waals surface area contributed by atoms with E-state index in [2.05, 4.69) is 5.32 Å². The minimum Gasteiger partial charge on any atom is -0.368 e. The molecule has 1 unspecified atom stereocenters. The monoisotopic (exact) mass is 258 g/mol. The summed E-state index contributed by atoms with van der Waals surface area (Å²) in [7, 11) is 1.73. The van der Waals surface area contributed by atoms with Crippen molar-refractivity contribution in [1.82, 2.24) is 5.32 Å². The molecule has 0 saturated heterocycles. The molecule has 16 heavy (non-hydrogen) atoms. The van der Waals surface area contributed by atoms with Crippen molar-refractivity contribution in [2.45, 2.75) is 11.8 Å². The number of carbonyl (C=O) groups excluding carboxylic acids is 1. The van der Waals surface area contributed by atoms with E-state index in [1.165, 1.54) is 0 Å². The van der Waals surface area contributed by atoms with Gasteiger partial charge in [-0.25, -0.2) is 0 Å². The lowest BCUT2D eigenvalue weighted by atomic mass is 10.2. The third-order valence-corrected chi connectivity index (χ3v) is 3.64. The number of hydrogen-bond acceptors (Lipinski definition) is 3. The summed E-state index contributed by atoms with van der Waals surface area (Å²) in [5.74, 6) is 1.11. The van der Waals surface area contributed by atoms with Crippen molar-refractivity contribution < 1.29 is 4.79 Å². The van der Waals surface area contributed by atoms with Crippen molar-refractivity contribution in [3.05, 3.63) is 34.9 Å². The molecule has 1 aromatic rings. The molecule has 0 spiro atoms. The zero-order valence-electron chi connectivity index (χ0n) is 9.07. The second-order valence-corrected chi connectivity index (χ2v) is 4.79. The predicted molar refractivity (Wildman–Crippen MR) is 69.7 cm³/mol. The Kier molecular flexibility index (Phi) is 5.66. The number of hydrogen-bond donors (Lipinski definition) is 2. The molecule has 0 bridgehead atoms. The maximum Gasteiger partial charge on any atom is 0.235 e. The van der Waals surface area contributed by atoms with Crippen LogP contribution in [0.1, 0.15) is 5.56 Å². The molecule has 0 aliphatic rings. The maximum absolute atomic E-state index is 11.0. The molecular formula is C11H15ClN2OS. The summed E-state index contributed by atoms with van der Waals surface area (Å²) in [4.78, 5) is 11.0. The Hall–Kier alpha value is -0.710. The summed E-state index contributed by atoms with van der Waals surface area (Å²) >= 11 is 7.65. The van der Waals surface area contributed by atoms with Crippen LogP contribution in [-0.2, 0) is 10.5 Å². The van der Waals surface area contributed by atoms with Crippen molar-refractivity contribution in [3.63, 3.8) is 0 Å². The van der Waals surface area contributed by atoms with Crippen LogP contribution in [0.15, 0.2) is 24.3 Å². The molecule has 0 heterocycles. The standard InChI is InChI=1S/C11H15ClN2OS/c1-14-10(11(13)15)7-16-6-8-4-2-3-5-9(8)12/h2-5,10,14H,6-7H2,1H3,(H2,13,15). The van der Waals surface area contributed by atoms with Crippen molar-refractivity contribution in [2.24, 2.45) is 5.73 Å². The molecule has 1 aromatic carbocycles. The van der Waals surface area contributed by atoms with Crippen LogP contribution < -0.4 is 11.1 Å². The molecular weight excluding hydrogens is 244 g/mol. The van der Waals surface area contributed by atoms with Gasteiger partial charge in [0.1, 0.15) is 0 Å². The summed E-state index contributed by atoms with van der Waals surface area (Å²) in [6.07, 6.45) is 0. The van der Waals surface area contributed by atoms with E-state index in [-0.39, 0.29) is 11.9 Å². The minimum absolute atomic E-state index is 0.285. The van der Waals surface area contributed by atoms with E-state index in [9.17, 15) is 4.79 Å². The van der Waals surface area contributed by atoms with Crippen molar-refractivity contribution in [1.29, 1.82) is 0 Å². The number of benzene rings is 1.